The van der Waals surface area contributed by atoms with Crippen LogP contribution in [0.5, 0.6) is 5.75 Å². The van der Waals surface area contributed by atoms with Gasteiger partial charge in [0.25, 0.3) is 0 Å². The highest BCUT2D eigenvalue weighted by molar-refractivity contribution is 5.28. The van der Waals surface area contributed by atoms with Crippen LogP contribution in [0, 0.1) is 5.92 Å². The molecule has 0 fully saturated rings. The fourth-order valence-electron chi connectivity index (χ4n) is 1.87. The third-order valence-corrected chi connectivity index (χ3v) is 2.97. The molecule has 1 rings (SSSR count). The molecule has 0 bridgehead atoms. The van der Waals surface area contributed by atoms with Crippen LogP contribution in [-0.4, -0.2) is 18.8 Å². The van der Waals surface area contributed by atoms with Crippen molar-refractivity contribution in [3.05, 3.63) is 29.8 Å². The normalized spacial score (nSPS) is 14.5. The molecular weight excluding hydrogens is 202 g/mol. The predicted octanol–water partition coefficient (Wildman–Crippen LogP) is 2.10. The van der Waals surface area contributed by atoms with Crippen molar-refractivity contribution in [3.8, 4) is 5.75 Å². The largest absolute Gasteiger partial charge is 0.497 e. The summed E-state index contributed by atoms with van der Waals surface area (Å²) in [6.07, 6.45) is 1.35. The standard InChI is InChI=1S/C13H21NO2/c1-3-10(8-9-14)13(15)11-4-6-12(16-2)7-5-11/h4-7,10,13,15H,3,8-9,14H2,1-2H3. The molecule has 0 amide bonds. The fraction of sp³-hybridized carbons (Fsp3) is 0.538. The van der Waals surface area contributed by atoms with Crippen molar-refractivity contribution in [2.45, 2.75) is 25.9 Å². The zero-order chi connectivity index (χ0) is 12.0. The Hall–Kier alpha value is -1.06. The van der Waals surface area contributed by atoms with Crippen molar-refractivity contribution in [2.24, 2.45) is 11.7 Å². The Morgan fingerprint density at radius 3 is 2.38 bits per heavy atom. The summed E-state index contributed by atoms with van der Waals surface area (Å²) < 4.78 is 5.08. The van der Waals surface area contributed by atoms with Crippen molar-refractivity contribution in [3.63, 3.8) is 0 Å². The number of benzene rings is 1. The summed E-state index contributed by atoms with van der Waals surface area (Å²) in [5, 5.41) is 10.2. The first-order chi connectivity index (χ1) is 7.72. The average Bonchev–Trinajstić information content (AvgIpc) is 2.35. The van der Waals surface area contributed by atoms with Gasteiger partial charge in [-0.1, -0.05) is 25.5 Å². The Bertz CT molecular complexity index is 297. The number of methoxy groups -OCH3 is 1. The first-order valence-corrected chi connectivity index (χ1v) is 5.75. The molecule has 3 heteroatoms. The Balaban J connectivity index is 2.73. The Morgan fingerprint density at radius 1 is 1.31 bits per heavy atom. The minimum atomic E-state index is -0.431. The van der Waals surface area contributed by atoms with Crippen LogP contribution in [0.4, 0.5) is 0 Å². The third-order valence-electron chi connectivity index (χ3n) is 2.97. The van der Waals surface area contributed by atoms with Gasteiger partial charge >= 0.3 is 0 Å². The summed E-state index contributed by atoms with van der Waals surface area (Å²) in [5.74, 6) is 1.04. The molecule has 0 heterocycles. The number of aliphatic hydroxyl groups excluding tert-OH is 1. The molecule has 0 aromatic heterocycles. The minimum absolute atomic E-state index is 0.235. The number of hydrogen-bond donors (Lipinski definition) is 2. The van der Waals surface area contributed by atoms with Gasteiger partial charge in [-0.3, -0.25) is 0 Å². The number of ether oxygens (including phenoxy) is 1. The van der Waals surface area contributed by atoms with Gasteiger partial charge in [0.1, 0.15) is 5.75 Å². The Labute approximate surface area is 97.2 Å². The first-order valence-electron chi connectivity index (χ1n) is 5.75. The van der Waals surface area contributed by atoms with E-state index in [2.05, 4.69) is 6.92 Å². The van der Waals surface area contributed by atoms with E-state index in [0.29, 0.717) is 6.54 Å². The maximum Gasteiger partial charge on any atom is 0.118 e. The second kappa shape index (κ2) is 6.51. The molecule has 90 valence electrons. The summed E-state index contributed by atoms with van der Waals surface area (Å²) in [6, 6.07) is 7.55. The smallest absolute Gasteiger partial charge is 0.118 e. The highest BCUT2D eigenvalue weighted by Gasteiger charge is 2.18. The molecule has 0 saturated carbocycles. The van der Waals surface area contributed by atoms with E-state index < -0.39 is 6.10 Å². The summed E-state index contributed by atoms with van der Waals surface area (Å²) in [7, 11) is 1.63. The molecule has 1 aromatic rings. The summed E-state index contributed by atoms with van der Waals surface area (Å²) in [6.45, 7) is 2.69. The van der Waals surface area contributed by atoms with Crippen LogP contribution in [0.15, 0.2) is 24.3 Å². The van der Waals surface area contributed by atoms with E-state index in [1.807, 2.05) is 24.3 Å². The van der Waals surface area contributed by atoms with Crippen LogP contribution in [0.25, 0.3) is 0 Å². The van der Waals surface area contributed by atoms with Crippen LogP contribution in [-0.2, 0) is 0 Å². The lowest BCUT2D eigenvalue weighted by Crippen LogP contribution is -2.16. The number of nitrogens with two attached hydrogens (primary N) is 1. The monoisotopic (exact) mass is 223 g/mol. The Kier molecular flexibility index (Phi) is 5.29. The van der Waals surface area contributed by atoms with Gasteiger partial charge in [0.2, 0.25) is 0 Å². The Morgan fingerprint density at radius 2 is 1.94 bits per heavy atom. The molecule has 0 saturated heterocycles. The van der Waals surface area contributed by atoms with Gasteiger partial charge in [-0.2, -0.15) is 0 Å². The molecule has 0 spiro atoms. The van der Waals surface area contributed by atoms with Gasteiger partial charge < -0.3 is 15.6 Å². The molecular formula is C13H21NO2. The molecule has 0 aliphatic rings. The van der Waals surface area contributed by atoms with E-state index in [9.17, 15) is 5.11 Å². The van der Waals surface area contributed by atoms with Crippen molar-refractivity contribution in [1.29, 1.82) is 0 Å². The SMILES string of the molecule is CCC(CCN)C(O)c1ccc(OC)cc1. The lowest BCUT2D eigenvalue weighted by atomic mass is 9.91. The molecule has 0 radical (unpaired) electrons. The van der Waals surface area contributed by atoms with Gasteiger partial charge in [0.15, 0.2) is 0 Å². The molecule has 3 N–H and O–H groups in total. The van der Waals surface area contributed by atoms with Crippen LogP contribution >= 0.6 is 0 Å². The summed E-state index contributed by atoms with van der Waals surface area (Å²) in [4.78, 5) is 0. The van der Waals surface area contributed by atoms with Crippen LogP contribution in [0.3, 0.4) is 0 Å². The molecule has 16 heavy (non-hydrogen) atoms. The van der Waals surface area contributed by atoms with Gasteiger partial charge in [0.05, 0.1) is 13.2 Å². The minimum Gasteiger partial charge on any atom is -0.497 e. The van der Waals surface area contributed by atoms with Crippen molar-refractivity contribution in [2.75, 3.05) is 13.7 Å². The van der Waals surface area contributed by atoms with Crippen LogP contribution in [0.2, 0.25) is 0 Å². The second-order valence-corrected chi connectivity index (χ2v) is 3.96. The van der Waals surface area contributed by atoms with Crippen molar-refractivity contribution < 1.29 is 9.84 Å². The van der Waals surface area contributed by atoms with E-state index in [-0.39, 0.29) is 5.92 Å². The van der Waals surface area contributed by atoms with Crippen molar-refractivity contribution in [1.82, 2.24) is 0 Å². The van der Waals surface area contributed by atoms with Gasteiger partial charge in [-0.25, -0.2) is 0 Å². The van der Waals surface area contributed by atoms with E-state index >= 15 is 0 Å². The average molecular weight is 223 g/mol. The second-order valence-electron chi connectivity index (χ2n) is 3.96. The molecule has 3 nitrogen and oxygen atoms in total. The van der Waals surface area contributed by atoms with Gasteiger partial charge in [0, 0.05) is 0 Å². The quantitative estimate of drug-likeness (QED) is 0.776. The number of hydrogen-bond acceptors (Lipinski definition) is 3. The molecule has 0 aliphatic carbocycles. The van der Waals surface area contributed by atoms with Crippen LogP contribution < -0.4 is 10.5 Å². The fourth-order valence-corrected chi connectivity index (χ4v) is 1.87. The lowest BCUT2D eigenvalue weighted by molar-refractivity contribution is 0.102. The first kappa shape index (κ1) is 13.0. The number of aliphatic hydroxyl groups is 1. The van der Waals surface area contributed by atoms with Crippen molar-refractivity contribution >= 4 is 0 Å². The van der Waals surface area contributed by atoms with E-state index in [1.165, 1.54) is 0 Å². The molecule has 2 atom stereocenters. The molecule has 0 aliphatic heterocycles. The summed E-state index contributed by atoms with van der Waals surface area (Å²) >= 11 is 0. The highest BCUT2D eigenvalue weighted by Crippen LogP contribution is 2.28. The topological polar surface area (TPSA) is 55.5 Å². The molecule has 1 aromatic carbocycles. The number of rotatable bonds is 6. The van der Waals surface area contributed by atoms with E-state index in [4.69, 9.17) is 10.5 Å². The maximum absolute atomic E-state index is 10.2. The van der Waals surface area contributed by atoms with Gasteiger partial charge in [-0.05, 0) is 36.6 Å². The molecule has 2 unspecified atom stereocenters. The van der Waals surface area contributed by atoms with Crippen LogP contribution in [0.1, 0.15) is 31.4 Å². The maximum atomic E-state index is 10.2. The third kappa shape index (κ3) is 3.22. The summed E-state index contributed by atoms with van der Waals surface area (Å²) in [5.41, 5.74) is 6.47. The zero-order valence-electron chi connectivity index (χ0n) is 10.0. The predicted molar refractivity (Wildman–Crippen MR) is 65.4 cm³/mol. The van der Waals surface area contributed by atoms with E-state index in [0.717, 1.165) is 24.2 Å². The zero-order valence-corrected chi connectivity index (χ0v) is 10.0. The lowest BCUT2D eigenvalue weighted by Gasteiger charge is -2.21. The highest BCUT2D eigenvalue weighted by atomic mass is 16.5. The van der Waals surface area contributed by atoms with E-state index in [1.54, 1.807) is 7.11 Å². The van der Waals surface area contributed by atoms with Gasteiger partial charge in [-0.15, -0.1) is 0 Å².